The van der Waals surface area contributed by atoms with Crippen LogP contribution in [0.3, 0.4) is 0 Å². The third-order valence-electron chi connectivity index (χ3n) is 2.35. The molecule has 0 N–H and O–H groups in total. The Kier molecular flexibility index (Phi) is 3.53. The summed E-state index contributed by atoms with van der Waals surface area (Å²) in [4.78, 5) is 21.7. The van der Waals surface area contributed by atoms with Crippen molar-refractivity contribution in [3.63, 3.8) is 0 Å². The molecule has 1 fully saturated rings. The molecule has 0 aromatic carbocycles. The maximum atomic E-state index is 10.9. The molecule has 0 unspecified atom stereocenters. The molecule has 1 rings (SSSR count). The van der Waals surface area contributed by atoms with Crippen LogP contribution < -0.4 is 0 Å². The average molecular weight is 209 g/mol. The first-order valence-electron chi connectivity index (χ1n) is 4.01. The fourth-order valence-electron chi connectivity index (χ4n) is 1.67. The van der Waals surface area contributed by atoms with E-state index in [4.69, 9.17) is 23.2 Å². The van der Waals surface area contributed by atoms with E-state index in [0.717, 1.165) is 12.8 Å². The van der Waals surface area contributed by atoms with Crippen LogP contribution in [0.4, 0.5) is 0 Å². The van der Waals surface area contributed by atoms with Gasteiger partial charge in [0.15, 0.2) is 0 Å². The molecule has 0 saturated heterocycles. The molecule has 68 valence electrons. The standard InChI is InChI=1S/C8H10Cl2O2/c9-7(11)5-3-1-2-4-6(5)8(10)12/h5-6H,1-4H2/t5-,6+. The lowest BCUT2D eigenvalue weighted by Crippen LogP contribution is -2.28. The minimum absolute atomic E-state index is 0.342. The van der Waals surface area contributed by atoms with Crippen molar-refractivity contribution in [3.8, 4) is 0 Å². The first-order chi connectivity index (χ1) is 5.63. The SMILES string of the molecule is O=C(Cl)[C@H]1CCCC[C@H]1C(=O)Cl. The molecular formula is C8H10Cl2O2. The van der Waals surface area contributed by atoms with E-state index in [0.29, 0.717) is 12.8 Å². The average Bonchev–Trinajstić information content (AvgIpc) is 2.04. The van der Waals surface area contributed by atoms with E-state index in [1.54, 1.807) is 0 Å². The zero-order chi connectivity index (χ0) is 9.14. The van der Waals surface area contributed by atoms with Crippen molar-refractivity contribution in [2.24, 2.45) is 11.8 Å². The summed E-state index contributed by atoms with van der Waals surface area (Å²) in [7, 11) is 0. The maximum Gasteiger partial charge on any atom is 0.225 e. The predicted octanol–water partition coefficient (Wildman–Crippen LogP) is 2.32. The van der Waals surface area contributed by atoms with E-state index in [1.807, 2.05) is 0 Å². The molecule has 4 heteroatoms. The number of carbonyl (C=O) groups is 2. The Balaban J connectivity index is 2.67. The molecule has 1 aliphatic carbocycles. The van der Waals surface area contributed by atoms with Crippen molar-refractivity contribution in [1.29, 1.82) is 0 Å². The Bertz CT molecular complexity index is 181. The summed E-state index contributed by atoms with van der Waals surface area (Å²) in [6.07, 6.45) is 3.32. The number of hydrogen-bond donors (Lipinski definition) is 0. The zero-order valence-corrected chi connectivity index (χ0v) is 8.07. The van der Waals surface area contributed by atoms with Crippen molar-refractivity contribution in [2.75, 3.05) is 0 Å². The molecule has 12 heavy (non-hydrogen) atoms. The van der Waals surface area contributed by atoms with Crippen LogP contribution in [0.25, 0.3) is 0 Å². The van der Waals surface area contributed by atoms with Gasteiger partial charge in [-0.2, -0.15) is 0 Å². The lowest BCUT2D eigenvalue weighted by atomic mass is 9.81. The van der Waals surface area contributed by atoms with Crippen molar-refractivity contribution in [2.45, 2.75) is 25.7 Å². The molecule has 2 atom stereocenters. The molecule has 0 aromatic rings. The van der Waals surface area contributed by atoms with Gasteiger partial charge in [0.25, 0.3) is 0 Å². The summed E-state index contributed by atoms with van der Waals surface area (Å²) in [5, 5.41) is -0.845. The first-order valence-corrected chi connectivity index (χ1v) is 4.77. The minimum atomic E-state index is -0.422. The van der Waals surface area contributed by atoms with Gasteiger partial charge in [-0.05, 0) is 36.0 Å². The Hall–Kier alpha value is -0.0800. The summed E-state index contributed by atoms with van der Waals surface area (Å²) in [5.74, 6) is -0.684. The Morgan fingerprint density at radius 2 is 1.25 bits per heavy atom. The van der Waals surface area contributed by atoms with Crippen LogP contribution in [-0.2, 0) is 9.59 Å². The minimum Gasteiger partial charge on any atom is -0.281 e. The smallest absolute Gasteiger partial charge is 0.225 e. The molecule has 0 bridgehead atoms. The Morgan fingerprint density at radius 1 is 0.917 bits per heavy atom. The van der Waals surface area contributed by atoms with Gasteiger partial charge < -0.3 is 0 Å². The van der Waals surface area contributed by atoms with E-state index in [-0.39, 0.29) is 11.8 Å². The van der Waals surface area contributed by atoms with Crippen LogP contribution >= 0.6 is 23.2 Å². The lowest BCUT2D eigenvalue weighted by Gasteiger charge is -2.25. The first kappa shape index (κ1) is 10.0. The number of hydrogen-bond acceptors (Lipinski definition) is 2. The molecule has 0 spiro atoms. The monoisotopic (exact) mass is 208 g/mol. The summed E-state index contributed by atoms with van der Waals surface area (Å²) < 4.78 is 0. The highest BCUT2D eigenvalue weighted by atomic mass is 35.5. The summed E-state index contributed by atoms with van der Waals surface area (Å²) in [6.45, 7) is 0. The summed E-state index contributed by atoms with van der Waals surface area (Å²) >= 11 is 10.7. The van der Waals surface area contributed by atoms with Crippen molar-refractivity contribution < 1.29 is 9.59 Å². The molecule has 0 aliphatic heterocycles. The lowest BCUT2D eigenvalue weighted by molar-refractivity contribution is -0.125. The van der Waals surface area contributed by atoms with E-state index < -0.39 is 10.5 Å². The van der Waals surface area contributed by atoms with Crippen molar-refractivity contribution >= 4 is 33.7 Å². The van der Waals surface area contributed by atoms with Crippen LogP contribution in [0.1, 0.15) is 25.7 Å². The molecular weight excluding hydrogens is 199 g/mol. The molecule has 0 radical (unpaired) electrons. The normalized spacial score (nSPS) is 29.8. The highest BCUT2D eigenvalue weighted by Crippen LogP contribution is 2.32. The van der Waals surface area contributed by atoms with Crippen LogP contribution in [0.2, 0.25) is 0 Å². The van der Waals surface area contributed by atoms with Crippen molar-refractivity contribution in [1.82, 2.24) is 0 Å². The van der Waals surface area contributed by atoms with Gasteiger partial charge in [0, 0.05) is 11.8 Å². The highest BCUT2D eigenvalue weighted by Gasteiger charge is 2.33. The van der Waals surface area contributed by atoms with Gasteiger partial charge in [0.05, 0.1) is 0 Å². The number of rotatable bonds is 2. The van der Waals surface area contributed by atoms with Gasteiger partial charge >= 0.3 is 0 Å². The van der Waals surface area contributed by atoms with Crippen LogP contribution in [0.15, 0.2) is 0 Å². The fourth-order valence-corrected chi connectivity index (χ4v) is 2.20. The molecule has 0 heterocycles. The molecule has 0 aromatic heterocycles. The van der Waals surface area contributed by atoms with Gasteiger partial charge in [0.1, 0.15) is 0 Å². The second-order valence-electron chi connectivity index (χ2n) is 3.11. The fraction of sp³-hybridized carbons (Fsp3) is 0.750. The van der Waals surface area contributed by atoms with Crippen LogP contribution in [-0.4, -0.2) is 10.5 Å². The highest BCUT2D eigenvalue weighted by molar-refractivity contribution is 6.66. The van der Waals surface area contributed by atoms with E-state index >= 15 is 0 Å². The molecule has 1 aliphatic rings. The quantitative estimate of drug-likeness (QED) is 0.654. The van der Waals surface area contributed by atoms with Gasteiger partial charge in [-0.15, -0.1) is 0 Å². The largest absolute Gasteiger partial charge is 0.281 e. The van der Waals surface area contributed by atoms with Crippen molar-refractivity contribution in [3.05, 3.63) is 0 Å². The second-order valence-corrected chi connectivity index (χ2v) is 3.85. The predicted molar refractivity (Wildman–Crippen MR) is 47.2 cm³/mol. The van der Waals surface area contributed by atoms with E-state index in [2.05, 4.69) is 0 Å². The third kappa shape index (κ3) is 2.20. The molecule has 1 saturated carbocycles. The molecule has 2 nitrogen and oxygen atoms in total. The maximum absolute atomic E-state index is 10.9. The molecule has 0 amide bonds. The van der Waals surface area contributed by atoms with Crippen LogP contribution in [0, 0.1) is 11.8 Å². The summed E-state index contributed by atoms with van der Waals surface area (Å²) in [6, 6.07) is 0. The van der Waals surface area contributed by atoms with E-state index in [9.17, 15) is 9.59 Å². The topological polar surface area (TPSA) is 34.1 Å². The Morgan fingerprint density at radius 3 is 1.50 bits per heavy atom. The second kappa shape index (κ2) is 4.24. The van der Waals surface area contributed by atoms with Gasteiger partial charge in [-0.3, -0.25) is 9.59 Å². The van der Waals surface area contributed by atoms with Gasteiger partial charge in [0.2, 0.25) is 10.5 Å². The van der Waals surface area contributed by atoms with Gasteiger partial charge in [-0.25, -0.2) is 0 Å². The third-order valence-corrected chi connectivity index (χ3v) is 2.91. The van der Waals surface area contributed by atoms with Crippen LogP contribution in [0.5, 0.6) is 0 Å². The van der Waals surface area contributed by atoms with Gasteiger partial charge in [-0.1, -0.05) is 12.8 Å². The zero-order valence-electron chi connectivity index (χ0n) is 6.56. The van der Waals surface area contributed by atoms with E-state index in [1.165, 1.54) is 0 Å². The summed E-state index contributed by atoms with van der Waals surface area (Å²) in [5.41, 5.74) is 0. The number of halogens is 2. The Labute approximate surface area is 81.2 Å². The number of carbonyl (C=O) groups excluding carboxylic acids is 2.